The van der Waals surface area contributed by atoms with Crippen LogP contribution in [0, 0.1) is 5.82 Å². The third kappa shape index (κ3) is 3.51. The van der Waals surface area contributed by atoms with E-state index in [2.05, 4.69) is 0 Å². The van der Waals surface area contributed by atoms with Gasteiger partial charge in [0.1, 0.15) is 0 Å². The summed E-state index contributed by atoms with van der Waals surface area (Å²) in [5.74, 6) is -0.664. The fraction of sp³-hybridized carbons (Fsp3) is 0.417. The summed E-state index contributed by atoms with van der Waals surface area (Å²) in [4.78, 5) is 11.6. The summed E-state index contributed by atoms with van der Waals surface area (Å²) in [5, 5.41) is 0. The van der Waals surface area contributed by atoms with E-state index < -0.39 is 11.9 Å². The van der Waals surface area contributed by atoms with Crippen LogP contribution in [0.25, 0.3) is 0 Å². The van der Waals surface area contributed by atoms with E-state index in [0.29, 0.717) is 0 Å². The molecule has 5 heteroatoms. The molecule has 0 heterocycles. The van der Waals surface area contributed by atoms with Crippen molar-refractivity contribution < 1.29 is 18.7 Å². The highest BCUT2D eigenvalue weighted by molar-refractivity contribution is 5.86. The number of carbonyl (C=O) groups excluding carboxylic acids is 1. The lowest BCUT2D eigenvalue weighted by atomic mass is 10.0. The molecule has 0 fully saturated rings. The lowest BCUT2D eigenvalue weighted by Crippen LogP contribution is -2.36. The largest absolute Gasteiger partial charge is 0.494 e. The van der Waals surface area contributed by atoms with Crippen molar-refractivity contribution >= 4 is 5.78 Å². The molecule has 17 heavy (non-hydrogen) atoms. The number of rotatable bonds is 6. The number of ether oxygens (including phenoxy) is 2. The molecule has 1 atom stereocenters. The van der Waals surface area contributed by atoms with E-state index in [9.17, 15) is 9.18 Å². The van der Waals surface area contributed by atoms with Crippen LogP contribution < -0.4 is 10.5 Å². The number of hydrogen-bond donors (Lipinski definition) is 1. The minimum absolute atomic E-state index is 0.0619. The van der Waals surface area contributed by atoms with Crippen molar-refractivity contribution in [2.45, 2.75) is 12.5 Å². The van der Waals surface area contributed by atoms with E-state index >= 15 is 0 Å². The molecular formula is C12H16FNO3. The maximum absolute atomic E-state index is 13.7. The van der Waals surface area contributed by atoms with Gasteiger partial charge in [0.25, 0.3) is 0 Å². The zero-order chi connectivity index (χ0) is 12.8. The summed E-state index contributed by atoms with van der Waals surface area (Å²) >= 11 is 0. The minimum Gasteiger partial charge on any atom is -0.494 e. The van der Waals surface area contributed by atoms with E-state index in [1.54, 1.807) is 6.07 Å². The standard InChI is InChI=1S/C12H16FNO3/c1-16-7-9(14)10(15)6-8-4-3-5-11(17-2)12(8)13/h3-5,9H,6-7,14H2,1-2H3. The van der Waals surface area contributed by atoms with Crippen molar-refractivity contribution in [2.24, 2.45) is 5.73 Å². The van der Waals surface area contributed by atoms with Crippen LogP contribution in [-0.2, 0) is 16.0 Å². The molecule has 4 nitrogen and oxygen atoms in total. The average Bonchev–Trinajstić information content (AvgIpc) is 2.32. The predicted molar refractivity (Wildman–Crippen MR) is 61.5 cm³/mol. The van der Waals surface area contributed by atoms with Gasteiger partial charge in [-0.1, -0.05) is 12.1 Å². The van der Waals surface area contributed by atoms with Gasteiger partial charge in [-0.15, -0.1) is 0 Å². The quantitative estimate of drug-likeness (QED) is 0.804. The molecule has 0 aromatic heterocycles. The first-order valence-corrected chi connectivity index (χ1v) is 5.18. The summed E-state index contributed by atoms with van der Waals surface area (Å²) in [6, 6.07) is 3.94. The van der Waals surface area contributed by atoms with Crippen LogP contribution >= 0.6 is 0 Å². The second-order valence-corrected chi connectivity index (χ2v) is 3.64. The van der Waals surface area contributed by atoms with Gasteiger partial charge in [0.05, 0.1) is 19.8 Å². The van der Waals surface area contributed by atoms with E-state index in [1.165, 1.54) is 26.4 Å². The highest BCUT2D eigenvalue weighted by Crippen LogP contribution is 2.20. The molecular weight excluding hydrogens is 225 g/mol. The Hall–Kier alpha value is -1.46. The predicted octanol–water partition coefficient (Wildman–Crippen LogP) is 0.920. The average molecular weight is 241 g/mol. The number of hydrogen-bond acceptors (Lipinski definition) is 4. The van der Waals surface area contributed by atoms with Crippen LogP contribution in [0.15, 0.2) is 18.2 Å². The fourth-order valence-corrected chi connectivity index (χ4v) is 1.44. The van der Waals surface area contributed by atoms with Gasteiger partial charge in [-0.25, -0.2) is 4.39 Å². The zero-order valence-corrected chi connectivity index (χ0v) is 9.90. The maximum Gasteiger partial charge on any atom is 0.168 e. The Morgan fingerprint density at radius 1 is 1.47 bits per heavy atom. The van der Waals surface area contributed by atoms with Crippen molar-refractivity contribution in [1.82, 2.24) is 0 Å². The first kappa shape index (κ1) is 13.6. The van der Waals surface area contributed by atoms with Gasteiger partial charge in [0.2, 0.25) is 0 Å². The van der Waals surface area contributed by atoms with Crippen molar-refractivity contribution in [3.8, 4) is 5.75 Å². The Morgan fingerprint density at radius 3 is 2.76 bits per heavy atom. The molecule has 0 aliphatic heterocycles. The Balaban J connectivity index is 2.78. The molecule has 2 N–H and O–H groups in total. The summed E-state index contributed by atoms with van der Waals surface area (Å²) < 4.78 is 23.3. The SMILES string of the molecule is COCC(N)C(=O)Cc1cccc(OC)c1F. The molecule has 0 aliphatic carbocycles. The molecule has 1 aromatic carbocycles. The van der Waals surface area contributed by atoms with Gasteiger partial charge < -0.3 is 15.2 Å². The van der Waals surface area contributed by atoms with Crippen LogP contribution in [0.2, 0.25) is 0 Å². The Labute approximate surface area is 99.5 Å². The lowest BCUT2D eigenvalue weighted by Gasteiger charge is -2.10. The normalized spacial score (nSPS) is 12.2. The summed E-state index contributed by atoms with van der Waals surface area (Å²) in [6.45, 7) is 0.129. The van der Waals surface area contributed by atoms with Crippen molar-refractivity contribution in [3.05, 3.63) is 29.6 Å². The monoisotopic (exact) mass is 241 g/mol. The van der Waals surface area contributed by atoms with E-state index in [4.69, 9.17) is 15.2 Å². The first-order valence-electron chi connectivity index (χ1n) is 5.18. The molecule has 0 spiro atoms. The first-order chi connectivity index (χ1) is 8.10. The lowest BCUT2D eigenvalue weighted by molar-refractivity contribution is -0.120. The van der Waals surface area contributed by atoms with Gasteiger partial charge in [0.15, 0.2) is 17.3 Å². The van der Waals surface area contributed by atoms with Gasteiger partial charge in [-0.3, -0.25) is 4.79 Å². The molecule has 94 valence electrons. The topological polar surface area (TPSA) is 61.5 Å². The third-order valence-electron chi connectivity index (χ3n) is 2.39. The number of Topliss-reactive ketones (excluding diaryl/α,β-unsaturated/α-hetero) is 1. The highest BCUT2D eigenvalue weighted by Gasteiger charge is 2.17. The van der Waals surface area contributed by atoms with E-state index in [-0.39, 0.29) is 30.1 Å². The van der Waals surface area contributed by atoms with Crippen LogP contribution in [0.1, 0.15) is 5.56 Å². The molecule has 1 rings (SSSR count). The number of carbonyl (C=O) groups is 1. The molecule has 1 aromatic rings. The van der Waals surface area contributed by atoms with Gasteiger partial charge in [-0.2, -0.15) is 0 Å². The van der Waals surface area contributed by atoms with Crippen molar-refractivity contribution in [1.29, 1.82) is 0 Å². The molecule has 0 aliphatic rings. The third-order valence-corrected chi connectivity index (χ3v) is 2.39. The molecule has 1 unspecified atom stereocenters. The summed E-state index contributed by atoms with van der Waals surface area (Å²) in [7, 11) is 2.83. The second kappa shape index (κ2) is 6.32. The number of methoxy groups -OCH3 is 2. The number of nitrogens with two attached hydrogens (primary N) is 1. The number of halogens is 1. The van der Waals surface area contributed by atoms with Gasteiger partial charge in [-0.05, 0) is 11.6 Å². The Morgan fingerprint density at radius 2 is 2.18 bits per heavy atom. The van der Waals surface area contributed by atoms with Crippen LogP contribution in [-0.4, -0.2) is 32.7 Å². The summed E-state index contributed by atoms with van der Waals surface area (Å²) in [5.41, 5.74) is 5.85. The minimum atomic E-state index is -0.731. The Bertz CT molecular complexity index is 395. The molecule has 0 radical (unpaired) electrons. The molecule has 0 saturated carbocycles. The molecule has 0 amide bonds. The van der Waals surface area contributed by atoms with Crippen molar-refractivity contribution in [2.75, 3.05) is 20.8 Å². The zero-order valence-electron chi connectivity index (χ0n) is 9.90. The van der Waals surface area contributed by atoms with Gasteiger partial charge in [0, 0.05) is 13.5 Å². The van der Waals surface area contributed by atoms with Crippen LogP contribution in [0.5, 0.6) is 5.75 Å². The maximum atomic E-state index is 13.7. The molecule has 0 bridgehead atoms. The van der Waals surface area contributed by atoms with E-state index in [1.807, 2.05) is 0 Å². The molecule has 0 saturated heterocycles. The summed E-state index contributed by atoms with van der Waals surface area (Å²) in [6.07, 6.45) is -0.0619. The highest BCUT2D eigenvalue weighted by atomic mass is 19.1. The van der Waals surface area contributed by atoms with Crippen LogP contribution in [0.3, 0.4) is 0 Å². The van der Waals surface area contributed by atoms with Crippen molar-refractivity contribution in [3.63, 3.8) is 0 Å². The van der Waals surface area contributed by atoms with Crippen LogP contribution in [0.4, 0.5) is 4.39 Å². The number of ketones is 1. The fourth-order valence-electron chi connectivity index (χ4n) is 1.44. The smallest absolute Gasteiger partial charge is 0.168 e. The van der Waals surface area contributed by atoms with Gasteiger partial charge >= 0.3 is 0 Å². The Kier molecular flexibility index (Phi) is 5.06. The number of benzene rings is 1. The second-order valence-electron chi connectivity index (χ2n) is 3.64. The van der Waals surface area contributed by atoms with E-state index in [0.717, 1.165) is 0 Å².